The third-order valence-electron chi connectivity index (χ3n) is 6.02. The van der Waals surface area contributed by atoms with Gasteiger partial charge in [-0.25, -0.2) is 9.07 Å². The van der Waals surface area contributed by atoms with Gasteiger partial charge >= 0.3 is 0 Å². The van der Waals surface area contributed by atoms with Crippen molar-refractivity contribution < 1.29 is 14.0 Å². The number of halogens is 1. The van der Waals surface area contributed by atoms with Crippen LogP contribution in [0.1, 0.15) is 40.1 Å². The molecule has 1 heterocycles. The summed E-state index contributed by atoms with van der Waals surface area (Å²) < 4.78 is 14.2. The number of carbonyl (C=O) groups is 2. The number of carbonyl (C=O) groups excluding carboxylic acids is 2. The SMILES string of the molecule is CCN(CC)c1ccc(C(=O)Nn2cc(C(=O)NCc3ccc(F)cc3)c3ccccc3c2=O)cc1. The van der Waals surface area contributed by atoms with E-state index < -0.39 is 17.4 Å². The Balaban J connectivity index is 1.60. The Kier molecular flexibility index (Phi) is 7.44. The van der Waals surface area contributed by atoms with Crippen LogP contribution in [-0.4, -0.2) is 29.6 Å². The maximum absolute atomic E-state index is 13.2. The fraction of sp³-hybridized carbons (Fsp3) is 0.179. The summed E-state index contributed by atoms with van der Waals surface area (Å²) in [5.41, 5.74) is 4.48. The molecule has 0 unspecified atom stereocenters. The van der Waals surface area contributed by atoms with Crippen molar-refractivity contribution >= 4 is 28.3 Å². The lowest BCUT2D eigenvalue weighted by Gasteiger charge is -2.21. The van der Waals surface area contributed by atoms with Crippen LogP contribution >= 0.6 is 0 Å². The first-order chi connectivity index (χ1) is 17.4. The Morgan fingerprint density at radius 2 is 1.50 bits per heavy atom. The van der Waals surface area contributed by atoms with Crippen molar-refractivity contribution in [3.05, 3.63) is 112 Å². The fourth-order valence-electron chi connectivity index (χ4n) is 4.02. The number of nitrogens with one attached hydrogen (secondary N) is 2. The molecule has 36 heavy (non-hydrogen) atoms. The van der Waals surface area contributed by atoms with Crippen LogP contribution in [0.15, 0.2) is 83.8 Å². The van der Waals surface area contributed by atoms with Crippen molar-refractivity contribution in [3.8, 4) is 0 Å². The number of nitrogens with zero attached hydrogens (tertiary/aromatic N) is 2. The Morgan fingerprint density at radius 1 is 0.861 bits per heavy atom. The van der Waals surface area contributed by atoms with Gasteiger partial charge in [0, 0.05) is 47.9 Å². The number of benzene rings is 3. The molecule has 0 saturated carbocycles. The van der Waals surface area contributed by atoms with Crippen molar-refractivity contribution in [1.29, 1.82) is 0 Å². The van der Waals surface area contributed by atoms with E-state index in [0.717, 1.165) is 29.0 Å². The van der Waals surface area contributed by atoms with E-state index in [1.165, 1.54) is 18.3 Å². The summed E-state index contributed by atoms with van der Waals surface area (Å²) in [5, 5.41) is 3.55. The van der Waals surface area contributed by atoms with Crippen LogP contribution in [0, 0.1) is 5.82 Å². The molecule has 8 heteroatoms. The van der Waals surface area contributed by atoms with E-state index in [9.17, 15) is 18.8 Å². The summed E-state index contributed by atoms with van der Waals surface area (Å²) in [4.78, 5) is 41.2. The van der Waals surface area contributed by atoms with Gasteiger partial charge in [-0.15, -0.1) is 0 Å². The van der Waals surface area contributed by atoms with Gasteiger partial charge in [0.15, 0.2) is 0 Å². The van der Waals surface area contributed by atoms with Crippen molar-refractivity contribution in [2.75, 3.05) is 23.4 Å². The van der Waals surface area contributed by atoms with Crippen LogP contribution in [-0.2, 0) is 6.54 Å². The standard InChI is InChI=1S/C28H27FN4O3/c1-3-32(4-2)22-15-11-20(12-16-22)26(34)31-33-18-25(23-7-5-6-8-24(23)28(33)36)27(35)30-17-19-9-13-21(29)14-10-19/h5-16,18H,3-4,17H2,1-2H3,(H,30,35)(H,31,34). The normalized spacial score (nSPS) is 10.8. The molecule has 0 aliphatic rings. The van der Waals surface area contributed by atoms with Gasteiger partial charge in [0.1, 0.15) is 5.82 Å². The molecule has 0 fully saturated rings. The predicted molar refractivity (Wildman–Crippen MR) is 139 cm³/mol. The van der Waals surface area contributed by atoms with Crippen molar-refractivity contribution in [1.82, 2.24) is 9.99 Å². The van der Waals surface area contributed by atoms with Gasteiger partial charge in [-0.3, -0.25) is 19.8 Å². The third-order valence-corrected chi connectivity index (χ3v) is 6.02. The van der Waals surface area contributed by atoms with Gasteiger partial charge in [0.25, 0.3) is 17.4 Å². The summed E-state index contributed by atoms with van der Waals surface area (Å²) in [6.07, 6.45) is 1.33. The zero-order chi connectivity index (χ0) is 25.7. The highest BCUT2D eigenvalue weighted by atomic mass is 19.1. The molecule has 3 aromatic carbocycles. The van der Waals surface area contributed by atoms with Crippen molar-refractivity contribution in [2.24, 2.45) is 0 Å². The lowest BCUT2D eigenvalue weighted by atomic mass is 10.1. The Morgan fingerprint density at radius 3 is 2.14 bits per heavy atom. The molecule has 2 amide bonds. The summed E-state index contributed by atoms with van der Waals surface area (Å²) in [7, 11) is 0. The molecule has 2 N–H and O–H groups in total. The fourth-order valence-corrected chi connectivity index (χ4v) is 4.02. The number of fused-ring (bicyclic) bond motifs is 1. The molecule has 0 bridgehead atoms. The second-order valence-corrected chi connectivity index (χ2v) is 8.23. The Hall–Kier alpha value is -4.46. The molecule has 4 aromatic rings. The minimum absolute atomic E-state index is 0.178. The van der Waals surface area contributed by atoms with E-state index >= 15 is 0 Å². The van der Waals surface area contributed by atoms with Gasteiger partial charge in [-0.2, -0.15) is 0 Å². The zero-order valence-corrected chi connectivity index (χ0v) is 20.1. The lowest BCUT2D eigenvalue weighted by Crippen LogP contribution is -2.35. The van der Waals surface area contributed by atoms with E-state index in [-0.39, 0.29) is 17.9 Å². The topological polar surface area (TPSA) is 83.4 Å². The molecule has 0 aliphatic carbocycles. The zero-order valence-electron chi connectivity index (χ0n) is 20.1. The Bertz CT molecular complexity index is 1440. The number of aromatic nitrogens is 1. The van der Waals surface area contributed by atoms with Crippen molar-refractivity contribution in [3.63, 3.8) is 0 Å². The van der Waals surface area contributed by atoms with Gasteiger partial charge in [-0.05, 0) is 61.9 Å². The molecule has 1 aromatic heterocycles. The molecule has 184 valence electrons. The molecule has 0 saturated heterocycles. The summed E-state index contributed by atoms with van der Waals surface area (Å²) in [6.45, 7) is 5.99. The number of hydrogen-bond donors (Lipinski definition) is 2. The van der Waals surface area contributed by atoms with Crippen LogP contribution < -0.4 is 21.2 Å². The van der Waals surface area contributed by atoms with Crippen molar-refractivity contribution in [2.45, 2.75) is 20.4 Å². The predicted octanol–water partition coefficient (Wildman–Crippen LogP) is 4.30. The first kappa shape index (κ1) is 24.7. The third kappa shape index (κ3) is 5.27. The van der Waals surface area contributed by atoms with Crippen LogP contribution in [0.25, 0.3) is 10.8 Å². The van der Waals surface area contributed by atoms with E-state index in [1.54, 1.807) is 48.5 Å². The number of hydrogen-bond acceptors (Lipinski definition) is 4. The van der Waals surface area contributed by atoms with Gasteiger partial charge in [-0.1, -0.05) is 30.3 Å². The average Bonchev–Trinajstić information content (AvgIpc) is 2.91. The van der Waals surface area contributed by atoms with Crippen LogP contribution in [0.5, 0.6) is 0 Å². The monoisotopic (exact) mass is 486 g/mol. The van der Waals surface area contributed by atoms with E-state index in [0.29, 0.717) is 16.3 Å². The van der Waals surface area contributed by atoms with Gasteiger partial charge < -0.3 is 10.2 Å². The number of anilines is 1. The average molecular weight is 487 g/mol. The lowest BCUT2D eigenvalue weighted by molar-refractivity contribution is 0.0949. The quantitative estimate of drug-likeness (QED) is 0.389. The molecular formula is C28H27FN4O3. The van der Waals surface area contributed by atoms with Crippen LogP contribution in [0.3, 0.4) is 0 Å². The number of rotatable bonds is 8. The maximum Gasteiger partial charge on any atom is 0.277 e. The molecule has 0 atom stereocenters. The minimum atomic E-state index is -0.476. The van der Waals surface area contributed by atoms with Gasteiger partial charge in [0.2, 0.25) is 0 Å². The molecule has 0 spiro atoms. The molecular weight excluding hydrogens is 459 g/mol. The number of pyridine rings is 1. The molecule has 4 rings (SSSR count). The largest absolute Gasteiger partial charge is 0.372 e. The highest BCUT2D eigenvalue weighted by Crippen LogP contribution is 2.17. The maximum atomic E-state index is 13.2. The highest BCUT2D eigenvalue weighted by Gasteiger charge is 2.16. The van der Waals surface area contributed by atoms with E-state index in [2.05, 4.69) is 29.5 Å². The Labute approximate surface area is 208 Å². The second kappa shape index (κ2) is 10.9. The minimum Gasteiger partial charge on any atom is -0.372 e. The van der Waals surface area contributed by atoms with E-state index in [1.807, 2.05) is 12.1 Å². The highest BCUT2D eigenvalue weighted by molar-refractivity contribution is 6.07. The summed E-state index contributed by atoms with van der Waals surface area (Å²) >= 11 is 0. The molecule has 0 radical (unpaired) electrons. The summed E-state index contributed by atoms with van der Waals surface area (Å²) in [5.74, 6) is -1.26. The first-order valence-corrected chi connectivity index (χ1v) is 11.7. The smallest absolute Gasteiger partial charge is 0.277 e. The second-order valence-electron chi connectivity index (χ2n) is 8.23. The molecule has 0 aliphatic heterocycles. The van der Waals surface area contributed by atoms with Crippen LogP contribution in [0.4, 0.5) is 10.1 Å². The van der Waals surface area contributed by atoms with Gasteiger partial charge in [0.05, 0.1) is 5.56 Å². The summed E-state index contributed by atoms with van der Waals surface area (Å²) in [6, 6.07) is 19.6. The van der Waals surface area contributed by atoms with E-state index in [4.69, 9.17) is 0 Å². The molecule has 7 nitrogen and oxygen atoms in total. The van der Waals surface area contributed by atoms with Crippen LogP contribution in [0.2, 0.25) is 0 Å². The first-order valence-electron chi connectivity index (χ1n) is 11.7. The number of amides is 2.